The topological polar surface area (TPSA) is 46.6 Å². The van der Waals surface area contributed by atoms with Crippen molar-refractivity contribution in [1.82, 2.24) is 4.90 Å². The first-order valence-corrected chi connectivity index (χ1v) is 5.90. The van der Waals surface area contributed by atoms with E-state index in [1.165, 1.54) is 6.92 Å². The summed E-state index contributed by atoms with van der Waals surface area (Å²) in [4.78, 5) is 24.3. The molecule has 0 aromatic heterocycles. The van der Waals surface area contributed by atoms with Gasteiger partial charge in [0.05, 0.1) is 6.04 Å². The van der Waals surface area contributed by atoms with Crippen LogP contribution in [0.5, 0.6) is 0 Å². The summed E-state index contributed by atoms with van der Waals surface area (Å²) < 4.78 is 31.6. The van der Waals surface area contributed by atoms with E-state index in [9.17, 15) is 18.4 Å². The van der Waals surface area contributed by atoms with Crippen molar-refractivity contribution in [3.8, 4) is 0 Å². The van der Waals surface area contributed by atoms with Gasteiger partial charge in [-0.15, -0.1) is 0 Å². The van der Waals surface area contributed by atoms with Gasteiger partial charge in [-0.2, -0.15) is 0 Å². The summed E-state index contributed by atoms with van der Waals surface area (Å²) in [5.41, 5.74) is -0.710. The molecule has 0 spiro atoms. The second kappa shape index (κ2) is 4.82. The van der Waals surface area contributed by atoms with Gasteiger partial charge < -0.3 is 4.74 Å². The highest BCUT2D eigenvalue weighted by molar-refractivity contribution is 5.85. The molecule has 0 aromatic carbocycles. The predicted molar refractivity (Wildman–Crippen MR) is 61.6 cm³/mol. The van der Waals surface area contributed by atoms with Crippen LogP contribution in [-0.4, -0.2) is 40.9 Å². The van der Waals surface area contributed by atoms with E-state index in [0.717, 1.165) is 4.90 Å². The molecule has 0 bridgehead atoms. The highest BCUT2D eigenvalue weighted by Crippen LogP contribution is 2.32. The summed E-state index contributed by atoms with van der Waals surface area (Å²) in [5.74, 6) is -3.34. The fourth-order valence-electron chi connectivity index (χ4n) is 1.84. The summed E-state index contributed by atoms with van der Waals surface area (Å²) in [5, 5.41) is 0. The lowest BCUT2D eigenvalue weighted by atomic mass is 9.96. The fourth-order valence-corrected chi connectivity index (χ4v) is 1.84. The second-order valence-electron chi connectivity index (χ2n) is 5.61. The Kier molecular flexibility index (Phi) is 3.98. The third-order valence-electron chi connectivity index (χ3n) is 2.68. The smallest absolute Gasteiger partial charge is 0.410 e. The van der Waals surface area contributed by atoms with Crippen LogP contribution in [0, 0.1) is 0 Å². The van der Waals surface area contributed by atoms with E-state index in [1.54, 1.807) is 20.8 Å². The van der Waals surface area contributed by atoms with Gasteiger partial charge in [0, 0.05) is 19.4 Å². The lowest BCUT2D eigenvalue weighted by molar-refractivity contribution is -0.132. The molecule has 6 heteroatoms. The minimum Gasteiger partial charge on any atom is -0.444 e. The molecule has 1 heterocycles. The zero-order chi connectivity index (χ0) is 14.1. The summed E-state index contributed by atoms with van der Waals surface area (Å²) in [6.45, 7) is 6.11. The van der Waals surface area contributed by atoms with Crippen LogP contribution in [0.2, 0.25) is 0 Å². The van der Waals surface area contributed by atoms with Crippen molar-refractivity contribution >= 4 is 11.9 Å². The molecule has 0 radical (unpaired) electrons. The number of hydrogen-bond donors (Lipinski definition) is 0. The van der Waals surface area contributed by atoms with Gasteiger partial charge in [0.1, 0.15) is 5.60 Å². The van der Waals surface area contributed by atoms with E-state index in [-0.39, 0.29) is 6.54 Å². The average molecular weight is 263 g/mol. The Morgan fingerprint density at radius 3 is 2.33 bits per heavy atom. The van der Waals surface area contributed by atoms with Gasteiger partial charge in [-0.25, -0.2) is 13.6 Å². The van der Waals surface area contributed by atoms with Crippen LogP contribution in [0.4, 0.5) is 13.6 Å². The van der Waals surface area contributed by atoms with Crippen LogP contribution >= 0.6 is 0 Å². The van der Waals surface area contributed by atoms with E-state index >= 15 is 0 Å². The minimum absolute atomic E-state index is 0.161. The molecule has 18 heavy (non-hydrogen) atoms. The molecule has 0 N–H and O–H groups in total. The van der Waals surface area contributed by atoms with E-state index < -0.39 is 42.3 Å². The first-order valence-electron chi connectivity index (χ1n) is 5.90. The van der Waals surface area contributed by atoms with Crippen molar-refractivity contribution in [3.05, 3.63) is 0 Å². The van der Waals surface area contributed by atoms with Crippen LogP contribution in [0.1, 0.15) is 40.5 Å². The number of likely N-dealkylation sites (tertiary alicyclic amines) is 1. The number of amides is 1. The van der Waals surface area contributed by atoms with Crippen molar-refractivity contribution in [2.45, 2.75) is 58.1 Å². The van der Waals surface area contributed by atoms with Gasteiger partial charge in [0.15, 0.2) is 5.78 Å². The number of rotatable bonds is 1. The number of ketones is 1. The maximum atomic E-state index is 13.3. The molecule has 0 aromatic rings. The van der Waals surface area contributed by atoms with Gasteiger partial charge in [-0.05, 0) is 27.7 Å². The molecule has 1 aliphatic heterocycles. The van der Waals surface area contributed by atoms with Crippen molar-refractivity contribution in [1.29, 1.82) is 0 Å². The maximum Gasteiger partial charge on any atom is 0.410 e. The van der Waals surface area contributed by atoms with E-state index in [2.05, 4.69) is 0 Å². The molecular weight excluding hydrogens is 244 g/mol. The van der Waals surface area contributed by atoms with Gasteiger partial charge in [-0.1, -0.05) is 0 Å². The number of hydrogen-bond acceptors (Lipinski definition) is 3. The molecule has 1 aliphatic rings. The largest absolute Gasteiger partial charge is 0.444 e. The summed E-state index contributed by atoms with van der Waals surface area (Å²) in [7, 11) is 0. The number of carbonyl (C=O) groups excluding carboxylic acids is 2. The zero-order valence-corrected chi connectivity index (χ0v) is 11.1. The molecule has 1 amide bonds. The predicted octanol–water partition coefficient (Wildman–Crippen LogP) is 2.61. The Labute approximate surface area is 105 Å². The van der Waals surface area contributed by atoms with Crippen LogP contribution in [0.15, 0.2) is 0 Å². The lowest BCUT2D eigenvalue weighted by Crippen LogP contribution is -2.53. The van der Waals surface area contributed by atoms with E-state index in [0.29, 0.717) is 0 Å². The molecule has 104 valence electrons. The Hall–Kier alpha value is -1.20. The zero-order valence-electron chi connectivity index (χ0n) is 11.1. The quantitative estimate of drug-likeness (QED) is 0.730. The van der Waals surface area contributed by atoms with Crippen molar-refractivity contribution in [2.24, 2.45) is 0 Å². The molecule has 0 aliphatic carbocycles. The number of nitrogens with zero attached hydrogens (tertiary/aromatic N) is 1. The number of Topliss-reactive ketones (excluding diaryl/α,β-unsaturated/α-hetero) is 1. The minimum atomic E-state index is -2.89. The number of halogens is 2. The van der Waals surface area contributed by atoms with Crippen LogP contribution in [0.25, 0.3) is 0 Å². The molecule has 1 rings (SSSR count). The highest BCUT2D eigenvalue weighted by atomic mass is 19.3. The summed E-state index contributed by atoms with van der Waals surface area (Å²) >= 11 is 0. The maximum absolute atomic E-state index is 13.3. The third kappa shape index (κ3) is 3.92. The summed E-state index contributed by atoms with van der Waals surface area (Å²) in [6.07, 6.45) is -1.77. The van der Waals surface area contributed by atoms with Gasteiger partial charge >= 0.3 is 6.09 Å². The molecule has 4 nitrogen and oxygen atoms in total. The number of carbonyl (C=O) groups is 2. The number of alkyl halides is 2. The Bertz CT molecular complexity index is 350. The third-order valence-corrected chi connectivity index (χ3v) is 2.68. The standard InChI is InChI=1S/C12H19F2NO3/c1-8(16)9-7-12(13,14)5-6-15(9)10(17)18-11(2,3)4/h9H,5-7H2,1-4H3/t9-/m0/s1. The van der Waals surface area contributed by atoms with E-state index in [4.69, 9.17) is 4.74 Å². The first-order chi connectivity index (χ1) is 8.02. The molecule has 1 atom stereocenters. The van der Waals surface area contributed by atoms with Crippen LogP contribution in [0.3, 0.4) is 0 Å². The normalized spacial score (nSPS) is 23.7. The Balaban J connectivity index is 2.81. The van der Waals surface area contributed by atoms with Crippen molar-refractivity contribution in [2.75, 3.05) is 6.54 Å². The number of piperidine rings is 1. The Morgan fingerprint density at radius 1 is 1.33 bits per heavy atom. The van der Waals surface area contributed by atoms with Crippen LogP contribution < -0.4 is 0 Å². The molecule has 1 saturated heterocycles. The second-order valence-corrected chi connectivity index (χ2v) is 5.61. The molecule has 1 fully saturated rings. The first kappa shape index (κ1) is 14.9. The fraction of sp³-hybridized carbons (Fsp3) is 0.833. The highest BCUT2D eigenvalue weighted by Gasteiger charge is 2.44. The Morgan fingerprint density at radius 2 is 1.89 bits per heavy atom. The monoisotopic (exact) mass is 263 g/mol. The van der Waals surface area contributed by atoms with Gasteiger partial charge in [0.25, 0.3) is 5.92 Å². The summed E-state index contributed by atoms with van der Waals surface area (Å²) in [6, 6.07) is -1.09. The molecular formula is C12H19F2NO3. The average Bonchev–Trinajstić information content (AvgIpc) is 2.12. The van der Waals surface area contributed by atoms with Crippen molar-refractivity contribution in [3.63, 3.8) is 0 Å². The van der Waals surface area contributed by atoms with Gasteiger partial charge in [0.2, 0.25) is 0 Å². The van der Waals surface area contributed by atoms with E-state index in [1.807, 2.05) is 0 Å². The molecule has 0 saturated carbocycles. The number of ether oxygens (including phenoxy) is 1. The lowest BCUT2D eigenvalue weighted by Gasteiger charge is -2.38. The SMILES string of the molecule is CC(=O)[C@@H]1CC(F)(F)CCN1C(=O)OC(C)(C)C. The molecule has 0 unspecified atom stereocenters. The van der Waals surface area contributed by atoms with Crippen molar-refractivity contribution < 1.29 is 23.1 Å². The van der Waals surface area contributed by atoms with Gasteiger partial charge in [-0.3, -0.25) is 9.69 Å². The van der Waals surface area contributed by atoms with Crippen LogP contribution in [-0.2, 0) is 9.53 Å².